The fourth-order valence-corrected chi connectivity index (χ4v) is 3.82. The van der Waals surface area contributed by atoms with E-state index in [2.05, 4.69) is 57.1 Å². The fourth-order valence-electron chi connectivity index (χ4n) is 3.82. The standard InChI is InChI=1S/C19H29N3O3.C4H4N2/c1-15-13-17(16-5-6-18(23-3)19(14-16)24-4)20(2)22(15)8-7-21-9-11-25-12-10-21;1-2-5-4-6-3-1/h5-6,13-14,17H,7-12H2,1-4H3;1-4H. The number of hydrazine groups is 1. The number of rotatable bonds is 6. The Kier molecular flexibility index (Phi) is 8.63. The summed E-state index contributed by atoms with van der Waals surface area (Å²) < 4.78 is 16.2. The van der Waals surface area contributed by atoms with Crippen molar-refractivity contribution < 1.29 is 14.2 Å². The van der Waals surface area contributed by atoms with Crippen LogP contribution in [0.15, 0.2) is 54.8 Å². The summed E-state index contributed by atoms with van der Waals surface area (Å²) in [6.45, 7) is 7.97. The van der Waals surface area contributed by atoms with Crippen LogP contribution in [0.1, 0.15) is 18.5 Å². The third-order valence-electron chi connectivity index (χ3n) is 5.55. The van der Waals surface area contributed by atoms with Crippen molar-refractivity contribution in [3.8, 4) is 11.5 Å². The molecular weight excluding hydrogens is 394 g/mol. The van der Waals surface area contributed by atoms with Gasteiger partial charge in [0.1, 0.15) is 6.33 Å². The van der Waals surface area contributed by atoms with Gasteiger partial charge in [0, 0.05) is 51.3 Å². The van der Waals surface area contributed by atoms with Crippen LogP contribution in [0, 0.1) is 0 Å². The smallest absolute Gasteiger partial charge is 0.161 e. The monoisotopic (exact) mass is 427 g/mol. The quantitative estimate of drug-likeness (QED) is 0.697. The molecule has 168 valence electrons. The van der Waals surface area contributed by atoms with Crippen molar-refractivity contribution >= 4 is 0 Å². The van der Waals surface area contributed by atoms with Gasteiger partial charge in [-0.2, -0.15) is 0 Å². The molecule has 3 heterocycles. The third-order valence-corrected chi connectivity index (χ3v) is 5.55. The lowest BCUT2D eigenvalue weighted by molar-refractivity contribution is 0.00237. The zero-order valence-electron chi connectivity index (χ0n) is 18.9. The summed E-state index contributed by atoms with van der Waals surface area (Å²) in [5, 5.41) is 4.66. The first-order valence-corrected chi connectivity index (χ1v) is 10.5. The molecule has 8 nitrogen and oxygen atoms in total. The van der Waals surface area contributed by atoms with Crippen LogP contribution >= 0.6 is 0 Å². The van der Waals surface area contributed by atoms with E-state index >= 15 is 0 Å². The van der Waals surface area contributed by atoms with Crippen molar-refractivity contribution in [2.45, 2.75) is 13.0 Å². The van der Waals surface area contributed by atoms with Crippen molar-refractivity contribution in [2.75, 3.05) is 60.7 Å². The zero-order valence-corrected chi connectivity index (χ0v) is 18.9. The van der Waals surface area contributed by atoms with Gasteiger partial charge in [0.15, 0.2) is 11.5 Å². The minimum Gasteiger partial charge on any atom is -0.493 e. The van der Waals surface area contributed by atoms with Gasteiger partial charge in [0.25, 0.3) is 0 Å². The van der Waals surface area contributed by atoms with Crippen molar-refractivity contribution in [3.63, 3.8) is 0 Å². The Bertz CT molecular complexity index is 801. The minimum absolute atomic E-state index is 0.212. The summed E-state index contributed by atoms with van der Waals surface area (Å²) >= 11 is 0. The summed E-state index contributed by atoms with van der Waals surface area (Å²) in [7, 11) is 5.49. The number of hydrogen-bond acceptors (Lipinski definition) is 8. The predicted octanol–water partition coefficient (Wildman–Crippen LogP) is 2.62. The number of ether oxygens (including phenoxy) is 3. The van der Waals surface area contributed by atoms with Crippen LogP contribution in [0.4, 0.5) is 0 Å². The number of morpholine rings is 1. The zero-order chi connectivity index (χ0) is 22.1. The largest absolute Gasteiger partial charge is 0.493 e. The van der Waals surface area contributed by atoms with Gasteiger partial charge in [-0.3, -0.25) is 4.90 Å². The molecule has 0 aliphatic carbocycles. The van der Waals surface area contributed by atoms with E-state index in [1.165, 1.54) is 17.6 Å². The van der Waals surface area contributed by atoms with Crippen LogP contribution in [0.2, 0.25) is 0 Å². The molecule has 0 spiro atoms. The Balaban J connectivity index is 0.000000391. The number of aromatic nitrogens is 2. The Labute approximate surface area is 185 Å². The lowest BCUT2D eigenvalue weighted by Gasteiger charge is -2.35. The maximum atomic E-state index is 5.46. The van der Waals surface area contributed by atoms with Gasteiger partial charge in [-0.1, -0.05) is 6.07 Å². The van der Waals surface area contributed by atoms with Gasteiger partial charge in [-0.25, -0.2) is 15.0 Å². The van der Waals surface area contributed by atoms with Gasteiger partial charge in [-0.15, -0.1) is 0 Å². The van der Waals surface area contributed by atoms with Gasteiger partial charge in [-0.05, 0) is 36.8 Å². The Hall–Kier alpha value is -2.68. The number of allylic oxidation sites excluding steroid dienone is 1. The van der Waals surface area contributed by atoms with Crippen LogP contribution in [-0.4, -0.2) is 85.5 Å². The molecule has 1 saturated heterocycles. The van der Waals surface area contributed by atoms with E-state index in [0.717, 1.165) is 50.9 Å². The van der Waals surface area contributed by atoms with Crippen molar-refractivity contribution in [3.05, 3.63) is 60.3 Å². The van der Waals surface area contributed by atoms with Gasteiger partial charge < -0.3 is 19.2 Å². The first kappa shape index (κ1) is 23.0. The average Bonchev–Trinajstić information content (AvgIpc) is 3.12. The molecule has 2 aromatic rings. The summed E-state index contributed by atoms with van der Waals surface area (Å²) in [6, 6.07) is 8.14. The lowest BCUT2D eigenvalue weighted by Crippen LogP contribution is -2.44. The molecule has 2 aliphatic rings. The summed E-state index contributed by atoms with van der Waals surface area (Å²) in [6.07, 6.45) is 7.18. The third kappa shape index (κ3) is 6.16. The first-order chi connectivity index (χ1) is 15.1. The molecule has 0 radical (unpaired) electrons. The van der Waals surface area contributed by atoms with Crippen LogP contribution in [0.3, 0.4) is 0 Å². The maximum Gasteiger partial charge on any atom is 0.161 e. The Morgan fingerprint density at radius 2 is 1.74 bits per heavy atom. The van der Waals surface area contributed by atoms with E-state index in [1.54, 1.807) is 32.7 Å². The lowest BCUT2D eigenvalue weighted by atomic mass is 10.1. The van der Waals surface area contributed by atoms with E-state index in [-0.39, 0.29) is 6.04 Å². The van der Waals surface area contributed by atoms with Crippen LogP contribution in [0.25, 0.3) is 0 Å². The van der Waals surface area contributed by atoms with Crippen molar-refractivity contribution in [2.24, 2.45) is 0 Å². The van der Waals surface area contributed by atoms with E-state index in [0.29, 0.717) is 0 Å². The summed E-state index contributed by atoms with van der Waals surface area (Å²) in [4.78, 5) is 9.81. The highest BCUT2D eigenvalue weighted by molar-refractivity contribution is 5.45. The van der Waals surface area contributed by atoms with Crippen LogP contribution in [0.5, 0.6) is 11.5 Å². The van der Waals surface area contributed by atoms with Gasteiger partial charge in [0.2, 0.25) is 0 Å². The molecule has 31 heavy (non-hydrogen) atoms. The molecule has 8 heteroatoms. The van der Waals surface area contributed by atoms with Crippen molar-refractivity contribution in [1.29, 1.82) is 0 Å². The highest BCUT2D eigenvalue weighted by Gasteiger charge is 2.29. The molecule has 0 amide bonds. The Morgan fingerprint density at radius 3 is 2.32 bits per heavy atom. The molecule has 1 unspecified atom stereocenters. The highest BCUT2D eigenvalue weighted by atomic mass is 16.5. The maximum absolute atomic E-state index is 5.46. The molecule has 1 aromatic carbocycles. The summed E-state index contributed by atoms with van der Waals surface area (Å²) in [5.41, 5.74) is 2.49. The second-order valence-corrected chi connectivity index (χ2v) is 7.42. The topological polar surface area (TPSA) is 63.2 Å². The van der Waals surface area contributed by atoms with E-state index < -0.39 is 0 Å². The number of hydrogen-bond donors (Lipinski definition) is 0. The minimum atomic E-state index is 0.212. The number of nitrogens with zero attached hydrogens (tertiary/aromatic N) is 5. The normalized spacial score (nSPS) is 19.4. The van der Waals surface area contributed by atoms with Crippen molar-refractivity contribution in [1.82, 2.24) is 24.9 Å². The van der Waals surface area contributed by atoms with E-state index in [4.69, 9.17) is 14.2 Å². The van der Waals surface area contributed by atoms with E-state index in [1.807, 2.05) is 6.07 Å². The number of methoxy groups -OCH3 is 2. The number of likely N-dealkylation sites (N-methyl/N-ethyl adjacent to an activating group) is 1. The molecule has 1 fully saturated rings. The molecule has 0 N–H and O–H groups in total. The average molecular weight is 428 g/mol. The predicted molar refractivity (Wildman–Crippen MR) is 120 cm³/mol. The second kappa shape index (κ2) is 11.6. The fraction of sp³-hybridized carbons (Fsp3) is 0.478. The van der Waals surface area contributed by atoms with E-state index in [9.17, 15) is 0 Å². The molecule has 1 aromatic heterocycles. The molecule has 2 aliphatic heterocycles. The first-order valence-electron chi connectivity index (χ1n) is 10.5. The molecule has 0 bridgehead atoms. The SMILES string of the molecule is COc1ccc(C2C=C(C)N(CCN3CCOCC3)N2C)cc1OC.c1cncnc1. The molecule has 0 saturated carbocycles. The van der Waals surface area contributed by atoms with Crippen LogP contribution < -0.4 is 9.47 Å². The van der Waals surface area contributed by atoms with Gasteiger partial charge >= 0.3 is 0 Å². The Morgan fingerprint density at radius 1 is 1.03 bits per heavy atom. The second-order valence-electron chi connectivity index (χ2n) is 7.42. The number of benzene rings is 1. The highest BCUT2D eigenvalue weighted by Crippen LogP contribution is 2.36. The summed E-state index contributed by atoms with van der Waals surface area (Å²) in [5.74, 6) is 1.53. The van der Waals surface area contributed by atoms with Crippen LogP contribution in [-0.2, 0) is 4.74 Å². The molecular formula is C23H33N5O3. The van der Waals surface area contributed by atoms with Gasteiger partial charge in [0.05, 0.1) is 33.5 Å². The molecule has 1 atom stereocenters. The molecule has 4 rings (SSSR count).